The summed E-state index contributed by atoms with van der Waals surface area (Å²) in [6.07, 6.45) is 4.97. The summed E-state index contributed by atoms with van der Waals surface area (Å²) in [5, 5.41) is 4.46. The number of benzene rings is 2. The van der Waals surface area contributed by atoms with Crippen molar-refractivity contribution in [3.63, 3.8) is 0 Å². The van der Waals surface area contributed by atoms with Gasteiger partial charge in [-0.15, -0.1) is 0 Å². The number of oxime groups is 1. The summed E-state index contributed by atoms with van der Waals surface area (Å²) in [6.45, 7) is 1.53. The van der Waals surface area contributed by atoms with Gasteiger partial charge in [-0.1, -0.05) is 53.7 Å². The number of fused-ring (bicyclic) bond motifs is 1. The Morgan fingerprint density at radius 1 is 0.935 bits per heavy atom. The molecule has 0 aliphatic heterocycles. The van der Waals surface area contributed by atoms with E-state index in [0.29, 0.717) is 27.9 Å². The minimum absolute atomic E-state index is 0.0905. The number of carbonyl (C=O) groups excluding carboxylic acids is 1. The molecule has 0 radical (unpaired) electrons. The molecule has 0 aliphatic carbocycles. The van der Waals surface area contributed by atoms with Gasteiger partial charge in [-0.25, -0.2) is 4.98 Å². The molecule has 2 aromatic carbocycles. The van der Waals surface area contributed by atoms with Crippen LogP contribution in [0.4, 0.5) is 0 Å². The first-order valence-corrected chi connectivity index (χ1v) is 9.72. The smallest absolute Gasteiger partial charge is 0.164 e. The second-order valence-electron chi connectivity index (χ2n) is 6.93. The number of hydrogen-bond donors (Lipinski definition) is 0. The molecule has 0 saturated carbocycles. The minimum Gasteiger partial charge on any atom is -0.494 e. The van der Waals surface area contributed by atoms with Gasteiger partial charge in [-0.3, -0.25) is 9.78 Å². The molecular weight excluding hydrogens is 390 g/mol. The lowest BCUT2D eigenvalue weighted by atomic mass is 9.98. The summed E-state index contributed by atoms with van der Waals surface area (Å²) in [6, 6.07) is 17.8. The molecule has 2 aromatic heterocycles. The van der Waals surface area contributed by atoms with Crippen molar-refractivity contribution in [3.05, 3.63) is 78.1 Å². The van der Waals surface area contributed by atoms with Gasteiger partial charge in [0.25, 0.3) is 0 Å². The van der Waals surface area contributed by atoms with E-state index < -0.39 is 0 Å². The van der Waals surface area contributed by atoms with Crippen LogP contribution in [0, 0.1) is 0 Å². The van der Waals surface area contributed by atoms with E-state index in [4.69, 9.17) is 14.6 Å². The van der Waals surface area contributed by atoms with E-state index in [2.05, 4.69) is 10.1 Å². The number of pyridine rings is 2. The van der Waals surface area contributed by atoms with Gasteiger partial charge in [0.1, 0.15) is 12.8 Å². The van der Waals surface area contributed by atoms with Crippen molar-refractivity contribution in [2.45, 2.75) is 6.92 Å². The number of aromatic nitrogens is 2. The largest absolute Gasteiger partial charge is 0.494 e. The van der Waals surface area contributed by atoms with Crippen molar-refractivity contribution in [3.8, 4) is 28.1 Å². The molecule has 0 bridgehead atoms. The quantitative estimate of drug-likeness (QED) is 0.249. The van der Waals surface area contributed by atoms with Gasteiger partial charge >= 0.3 is 0 Å². The molecule has 6 nitrogen and oxygen atoms in total. The molecule has 6 heteroatoms. The molecule has 2 heterocycles. The number of ether oxygens (including phenoxy) is 1. The van der Waals surface area contributed by atoms with Crippen LogP contribution >= 0.6 is 0 Å². The van der Waals surface area contributed by atoms with Crippen molar-refractivity contribution in [2.75, 3.05) is 14.2 Å². The number of methoxy groups -OCH3 is 1. The second-order valence-corrected chi connectivity index (χ2v) is 6.93. The molecule has 0 spiro atoms. The summed E-state index contributed by atoms with van der Waals surface area (Å²) in [5.41, 5.74) is 5.79. The Morgan fingerprint density at radius 3 is 2.19 bits per heavy atom. The summed E-state index contributed by atoms with van der Waals surface area (Å²) < 4.78 is 5.63. The molecule has 31 heavy (non-hydrogen) atoms. The van der Waals surface area contributed by atoms with Gasteiger partial charge in [-0.2, -0.15) is 0 Å². The lowest BCUT2D eigenvalue weighted by Crippen LogP contribution is -2.03. The third kappa shape index (κ3) is 4.00. The maximum Gasteiger partial charge on any atom is 0.164 e. The molecule has 4 aromatic rings. The van der Waals surface area contributed by atoms with Crippen molar-refractivity contribution >= 4 is 22.9 Å². The highest BCUT2D eigenvalue weighted by Crippen LogP contribution is 2.36. The van der Waals surface area contributed by atoms with E-state index >= 15 is 0 Å². The highest BCUT2D eigenvalue weighted by molar-refractivity contribution is 6.10. The zero-order valence-electron chi connectivity index (χ0n) is 17.5. The maximum atomic E-state index is 12.4. The standard InChI is InChI=1S/C25H21N3O3/c1-16(29)23-21-15-26-13-12-22(21)28-24(25(23)30-2)20-10-8-19(9-11-20)18-6-4-17(5-7-18)14-27-31-3/h4-15H,1-3H3/b27-14+. The number of carbonyl (C=O) groups is 1. The number of ketones is 1. The van der Waals surface area contributed by atoms with Crippen LogP contribution in [0.1, 0.15) is 22.8 Å². The first kappa shape index (κ1) is 20.2. The topological polar surface area (TPSA) is 73.7 Å². The molecule has 0 unspecified atom stereocenters. The van der Waals surface area contributed by atoms with Crippen LogP contribution in [0.25, 0.3) is 33.3 Å². The Labute approximate surface area is 180 Å². The number of hydrogen-bond acceptors (Lipinski definition) is 6. The average Bonchev–Trinajstić information content (AvgIpc) is 2.81. The molecule has 0 amide bonds. The first-order valence-electron chi connectivity index (χ1n) is 9.72. The van der Waals surface area contributed by atoms with Gasteiger partial charge in [0.2, 0.25) is 0 Å². The average molecular weight is 411 g/mol. The third-order valence-corrected chi connectivity index (χ3v) is 5.01. The molecule has 0 fully saturated rings. The van der Waals surface area contributed by atoms with E-state index in [-0.39, 0.29) is 5.78 Å². The zero-order chi connectivity index (χ0) is 21.8. The Bertz CT molecular complexity index is 1260. The van der Waals surface area contributed by atoms with Crippen molar-refractivity contribution in [1.29, 1.82) is 0 Å². The van der Waals surface area contributed by atoms with Gasteiger partial charge in [0.05, 0.1) is 24.4 Å². The van der Waals surface area contributed by atoms with Crippen LogP contribution in [0.3, 0.4) is 0 Å². The van der Waals surface area contributed by atoms with Gasteiger partial charge in [0.15, 0.2) is 11.5 Å². The van der Waals surface area contributed by atoms with E-state index in [9.17, 15) is 4.79 Å². The van der Waals surface area contributed by atoms with Crippen LogP contribution in [0.5, 0.6) is 5.75 Å². The second kappa shape index (κ2) is 8.75. The Kier molecular flexibility index (Phi) is 5.71. The van der Waals surface area contributed by atoms with Gasteiger partial charge in [0, 0.05) is 23.3 Å². The summed E-state index contributed by atoms with van der Waals surface area (Å²) in [7, 11) is 3.07. The molecule has 0 atom stereocenters. The number of nitrogens with zero attached hydrogens (tertiary/aromatic N) is 3. The summed E-state index contributed by atoms with van der Waals surface area (Å²) in [4.78, 5) is 26.0. The summed E-state index contributed by atoms with van der Waals surface area (Å²) >= 11 is 0. The molecular formula is C25H21N3O3. The monoisotopic (exact) mass is 411 g/mol. The van der Waals surface area contributed by atoms with Crippen LogP contribution in [0.2, 0.25) is 0 Å². The van der Waals surface area contributed by atoms with E-state index in [1.54, 1.807) is 31.8 Å². The molecule has 4 rings (SSSR count). The van der Waals surface area contributed by atoms with Crippen molar-refractivity contribution < 1.29 is 14.4 Å². The molecule has 0 aliphatic rings. The van der Waals surface area contributed by atoms with Crippen molar-refractivity contribution in [1.82, 2.24) is 9.97 Å². The van der Waals surface area contributed by atoms with Crippen LogP contribution in [-0.4, -0.2) is 36.2 Å². The fraction of sp³-hybridized carbons (Fsp3) is 0.120. The SMILES string of the molecule is CO/N=C/c1ccc(-c2ccc(-c3nc4ccncc4c(C(C)=O)c3OC)cc2)cc1. The highest BCUT2D eigenvalue weighted by atomic mass is 16.6. The molecule has 154 valence electrons. The van der Waals surface area contributed by atoms with E-state index in [1.807, 2.05) is 48.5 Å². The predicted molar refractivity (Wildman–Crippen MR) is 122 cm³/mol. The van der Waals surface area contributed by atoms with Crippen molar-refractivity contribution in [2.24, 2.45) is 5.16 Å². The Morgan fingerprint density at radius 2 is 1.58 bits per heavy atom. The lowest BCUT2D eigenvalue weighted by molar-refractivity contribution is 0.101. The Balaban J connectivity index is 1.75. The zero-order valence-corrected chi connectivity index (χ0v) is 17.5. The lowest BCUT2D eigenvalue weighted by Gasteiger charge is -2.14. The first-order chi connectivity index (χ1) is 15.1. The highest BCUT2D eigenvalue weighted by Gasteiger charge is 2.20. The molecule has 0 N–H and O–H groups in total. The third-order valence-electron chi connectivity index (χ3n) is 5.01. The summed E-state index contributed by atoms with van der Waals surface area (Å²) in [5.74, 6) is 0.370. The van der Waals surface area contributed by atoms with Crippen LogP contribution < -0.4 is 4.74 Å². The van der Waals surface area contributed by atoms with Gasteiger partial charge < -0.3 is 9.57 Å². The van der Waals surface area contributed by atoms with E-state index in [1.165, 1.54) is 14.0 Å². The van der Waals surface area contributed by atoms with E-state index in [0.717, 1.165) is 22.3 Å². The normalized spacial score (nSPS) is 11.1. The predicted octanol–water partition coefficient (Wildman–Crippen LogP) is 5.16. The van der Waals surface area contributed by atoms with Crippen LogP contribution in [0.15, 0.2) is 72.1 Å². The number of Topliss-reactive ketones (excluding diaryl/α,β-unsaturated/α-hetero) is 1. The molecule has 0 saturated heterocycles. The maximum absolute atomic E-state index is 12.4. The van der Waals surface area contributed by atoms with Crippen LogP contribution in [-0.2, 0) is 4.84 Å². The Hall–Kier alpha value is -4.06. The number of rotatable bonds is 6. The van der Waals surface area contributed by atoms with Gasteiger partial charge in [-0.05, 0) is 29.7 Å². The fourth-order valence-corrected chi connectivity index (χ4v) is 3.53. The minimum atomic E-state index is -0.0905. The fourth-order valence-electron chi connectivity index (χ4n) is 3.53.